The van der Waals surface area contributed by atoms with E-state index in [1.807, 2.05) is 27.7 Å². The molecule has 7 rings (SSSR count). The minimum atomic E-state index is 0.500. The van der Waals surface area contributed by atoms with Crippen molar-refractivity contribution in [2.45, 2.75) is 410 Å². The smallest absolute Gasteiger partial charge is 0.0323 e. The molecule has 3 unspecified atom stereocenters. The van der Waals surface area contributed by atoms with Crippen molar-refractivity contribution >= 4 is 0 Å². The third-order valence-electron chi connectivity index (χ3n) is 19.8. The van der Waals surface area contributed by atoms with Crippen molar-refractivity contribution in [1.29, 1.82) is 0 Å². The average molecular weight is 1120 g/mol. The number of rotatable bonds is 1. The van der Waals surface area contributed by atoms with Crippen molar-refractivity contribution in [2.24, 2.45) is 104 Å². The molecule has 0 nitrogen and oxygen atoms in total. The van der Waals surface area contributed by atoms with Crippen molar-refractivity contribution in [3.05, 3.63) is 0 Å². The molecular formula is C79H170. The van der Waals surface area contributed by atoms with Crippen molar-refractivity contribution < 1.29 is 0 Å². The van der Waals surface area contributed by atoms with E-state index in [0.717, 1.165) is 71.0 Å². The summed E-state index contributed by atoms with van der Waals surface area (Å²) in [6.45, 7) is 81.6. The van der Waals surface area contributed by atoms with E-state index in [2.05, 4.69) is 222 Å². The van der Waals surface area contributed by atoms with E-state index < -0.39 is 0 Å². The van der Waals surface area contributed by atoms with Crippen LogP contribution in [0.2, 0.25) is 0 Å². The molecule has 7 saturated carbocycles. The van der Waals surface area contributed by atoms with Gasteiger partial charge in [-0.2, -0.15) is 0 Å². The van der Waals surface area contributed by atoms with E-state index in [9.17, 15) is 0 Å². The molecule has 79 heavy (non-hydrogen) atoms. The van der Waals surface area contributed by atoms with Gasteiger partial charge in [-0.1, -0.05) is 378 Å². The second-order valence-corrected chi connectivity index (χ2v) is 34.2. The van der Waals surface area contributed by atoms with Gasteiger partial charge >= 0.3 is 0 Å². The number of hydrogen-bond acceptors (Lipinski definition) is 0. The van der Waals surface area contributed by atoms with Crippen LogP contribution < -0.4 is 0 Å². The van der Waals surface area contributed by atoms with Crippen LogP contribution in [0, 0.1) is 104 Å². The highest BCUT2D eigenvalue weighted by molar-refractivity contribution is 4.93. The summed E-state index contributed by atoms with van der Waals surface area (Å²) in [6, 6.07) is 0. The standard InChI is InChI=1S/C10H20.C9H18.2C8H16.2C7H14.C6H12.C6H14.2C5H12.C4H10.2C2H6/c1-8-9(2,3)6-7-10(8,4)5;1-8-4-6-9(2,3)7-5-8;1-7-5-4-6-8(7,2)3;1-6-4-5-7(2)8(6)3;1-6-4-3-5-7(6)2;1-7-5-3-2-4-6-7;1-6-4-2-3-5-6;1-5-6(2,3)4;1-5(2,3)4;1-4-5(2)3;1-4(2)3;2*1-2/h8H,6-7H2,1-5H3;8H,4-7H2,1-3H3;7H,4-6H2,1-3H3;6-8H,4-5H2,1-3H3;6-7H,3-5H2,1-2H3;7H,2-6H2,1H3;6H,2-5H2,1H3;5H2,1-4H3;1-4H3;5H,4H2,1-3H3;4H,1-3H3;2*1-2H3/t;;7-;;6-,7?;;;;;;;;/m..1.1......../s1. The zero-order valence-corrected chi connectivity index (χ0v) is 63.6. The fourth-order valence-electron chi connectivity index (χ4n) is 10.6. The van der Waals surface area contributed by atoms with E-state index in [-0.39, 0.29) is 0 Å². The molecule has 0 radical (unpaired) electrons. The summed E-state index contributed by atoms with van der Waals surface area (Å²) in [5.74, 6) is 11.6. The van der Waals surface area contributed by atoms with Crippen LogP contribution in [0.25, 0.3) is 0 Å². The summed E-state index contributed by atoms with van der Waals surface area (Å²) in [4.78, 5) is 0. The van der Waals surface area contributed by atoms with Gasteiger partial charge in [0.25, 0.3) is 0 Å². The average Bonchev–Trinajstić information content (AvgIpc) is 4.17. The highest BCUT2D eigenvalue weighted by Crippen LogP contribution is 2.53. The Kier molecular flexibility index (Phi) is 56.1. The summed E-state index contributed by atoms with van der Waals surface area (Å²) < 4.78 is 0. The molecule has 7 aliphatic carbocycles. The van der Waals surface area contributed by atoms with Crippen LogP contribution in [0.5, 0.6) is 0 Å². The summed E-state index contributed by atoms with van der Waals surface area (Å²) in [5, 5.41) is 0. The van der Waals surface area contributed by atoms with Gasteiger partial charge in [0.15, 0.2) is 0 Å². The fraction of sp³-hybridized carbons (Fsp3) is 1.00. The van der Waals surface area contributed by atoms with Crippen LogP contribution in [0.15, 0.2) is 0 Å². The van der Waals surface area contributed by atoms with Crippen LogP contribution in [-0.4, -0.2) is 0 Å². The lowest BCUT2D eigenvalue weighted by Crippen LogP contribution is -2.24. The van der Waals surface area contributed by atoms with Crippen molar-refractivity contribution in [2.75, 3.05) is 0 Å². The lowest BCUT2D eigenvalue weighted by atomic mass is 9.74. The van der Waals surface area contributed by atoms with E-state index >= 15 is 0 Å². The van der Waals surface area contributed by atoms with E-state index in [0.29, 0.717) is 32.5 Å². The first-order chi connectivity index (χ1) is 36.0. The monoisotopic (exact) mass is 1120 g/mol. The summed E-state index contributed by atoms with van der Waals surface area (Å²) in [7, 11) is 0. The van der Waals surface area contributed by atoms with Gasteiger partial charge in [0.2, 0.25) is 0 Å². The van der Waals surface area contributed by atoms with Crippen molar-refractivity contribution in [1.82, 2.24) is 0 Å². The SMILES string of the molecule is CC.CC.CC(C)(C)C.CC(C)C.CC1C(C)(C)CCC1(C)C.CC1CCC(C)(C)CC1.CC1CCC(C)C1C.CC1CCCC1.CC1CCCCC1.CC1CCC[C@H]1C.CCC(C)(C)C.CCC(C)C.C[C@@H]1CCCC1(C)C. The maximum Gasteiger partial charge on any atom is -0.0323 e. The van der Waals surface area contributed by atoms with Gasteiger partial charge in [0.1, 0.15) is 0 Å². The van der Waals surface area contributed by atoms with Crippen LogP contribution in [0.3, 0.4) is 0 Å². The van der Waals surface area contributed by atoms with E-state index in [4.69, 9.17) is 0 Å². The van der Waals surface area contributed by atoms with Gasteiger partial charge < -0.3 is 0 Å². The summed E-state index contributed by atoms with van der Waals surface area (Å²) in [6.07, 6.45) is 36.2. The van der Waals surface area contributed by atoms with Crippen LogP contribution >= 0.6 is 0 Å². The van der Waals surface area contributed by atoms with Gasteiger partial charge in [-0.3, -0.25) is 0 Å². The molecule has 7 fully saturated rings. The molecule has 5 atom stereocenters. The molecular weight excluding hydrogens is 949 g/mol. The minimum absolute atomic E-state index is 0.500. The molecule has 0 amide bonds. The fourth-order valence-corrected chi connectivity index (χ4v) is 10.6. The predicted octanol–water partition coefficient (Wildman–Crippen LogP) is 29.7. The first-order valence-corrected chi connectivity index (χ1v) is 36.0. The van der Waals surface area contributed by atoms with Gasteiger partial charge in [-0.15, -0.1) is 0 Å². The first-order valence-electron chi connectivity index (χ1n) is 36.0. The van der Waals surface area contributed by atoms with Gasteiger partial charge in [0.05, 0.1) is 0 Å². The molecule has 0 heteroatoms. The van der Waals surface area contributed by atoms with E-state index in [1.54, 1.807) is 0 Å². The largest absolute Gasteiger partial charge is 0.0683 e. The second kappa shape index (κ2) is 49.2. The molecule has 486 valence electrons. The molecule has 0 bridgehead atoms. The van der Waals surface area contributed by atoms with E-state index in [1.165, 1.54) is 161 Å². The predicted molar refractivity (Wildman–Crippen MR) is 376 cm³/mol. The lowest BCUT2D eigenvalue weighted by molar-refractivity contribution is 0.179. The molecule has 0 aromatic rings. The van der Waals surface area contributed by atoms with Crippen LogP contribution in [0.4, 0.5) is 0 Å². The van der Waals surface area contributed by atoms with Gasteiger partial charge in [-0.25, -0.2) is 0 Å². The Morgan fingerprint density at radius 2 is 0.658 bits per heavy atom. The molecule has 0 saturated heterocycles. The Morgan fingerprint density at radius 3 is 0.772 bits per heavy atom. The third-order valence-corrected chi connectivity index (χ3v) is 19.8. The quantitative estimate of drug-likeness (QED) is 0.245. The molecule has 0 N–H and O–H groups in total. The summed E-state index contributed by atoms with van der Waals surface area (Å²) in [5.41, 5.74) is 3.53. The third kappa shape index (κ3) is 59.5. The van der Waals surface area contributed by atoms with Crippen molar-refractivity contribution in [3.63, 3.8) is 0 Å². The zero-order valence-electron chi connectivity index (χ0n) is 63.6. The molecule has 0 spiro atoms. The Morgan fingerprint density at radius 1 is 0.367 bits per heavy atom. The minimum Gasteiger partial charge on any atom is -0.0683 e. The lowest BCUT2D eigenvalue weighted by Gasteiger charge is -2.32. The van der Waals surface area contributed by atoms with Gasteiger partial charge in [-0.05, 0) is 136 Å². The second-order valence-electron chi connectivity index (χ2n) is 34.2. The topological polar surface area (TPSA) is 0 Å². The van der Waals surface area contributed by atoms with Crippen LogP contribution in [0.1, 0.15) is 410 Å². The Bertz CT molecular complexity index is 1180. The number of hydrogen-bond donors (Lipinski definition) is 0. The maximum atomic E-state index is 2.40. The first kappa shape index (κ1) is 90.2. The molecule has 0 heterocycles. The van der Waals surface area contributed by atoms with Gasteiger partial charge in [0, 0.05) is 0 Å². The molecule has 0 aromatic carbocycles. The maximum absolute atomic E-state index is 2.40. The molecule has 0 aromatic heterocycles. The normalized spacial score (nSPS) is 26.4. The summed E-state index contributed by atoms with van der Waals surface area (Å²) >= 11 is 0. The molecule has 7 aliphatic rings. The Hall–Kier alpha value is 0. The highest BCUT2D eigenvalue weighted by Gasteiger charge is 2.43. The highest BCUT2D eigenvalue weighted by atomic mass is 14.5. The van der Waals surface area contributed by atoms with Crippen molar-refractivity contribution in [3.8, 4) is 0 Å². The van der Waals surface area contributed by atoms with Crippen LogP contribution in [-0.2, 0) is 0 Å². The Labute approximate surface area is 510 Å². The Balaban J connectivity index is -0.000000186. The zero-order chi connectivity index (χ0) is 63.6. The molecule has 0 aliphatic heterocycles.